The van der Waals surface area contributed by atoms with Crippen LogP contribution in [0, 0.1) is 13.8 Å². The molecule has 3 rings (SSSR count). The first-order chi connectivity index (χ1) is 10.7. The average Bonchev–Trinajstić information content (AvgIpc) is 2.89. The number of fused-ring (bicyclic) bond motifs is 1. The lowest BCUT2D eigenvalue weighted by Gasteiger charge is -2.17. The molecule has 1 atom stereocenters. The summed E-state index contributed by atoms with van der Waals surface area (Å²) in [5.41, 5.74) is 3.21. The number of aromatic amines is 1. The highest BCUT2D eigenvalue weighted by Crippen LogP contribution is 2.20. The van der Waals surface area contributed by atoms with E-state index >= 15 is 0 Å². The summed E-state index contributed by atoms with van der Waals surface area (Å²) in [6, 6.07) is 9.99. The van der Waals surface area contributed by atoms with Crippen molar-refractivity contribution in [1.29, 1.82) is 0 Å². The van der Waals surface area contributed by atoms with Crippen molar-refractivity contribution < 1.29 is 5.11 Å². The second-order valence-electron chi connectivity index (χ2n) is 5.53. The second kappa shape index (κ2) is 6.15. The van der Waals surface area contributed by atoms with Gasteiger partial charge in [-0.2, -0.15) is 0 Å². The van der Waals surface area contributed by atoms with Crippen molar-refractivity contribution in [2.75, 3.05) is 11.9 Å². The Balaban J connectivity index is 1.79. The summed E-state index contributed by atoms with van der Waals surface area (Å²) in [5, 5.41) is 14.2. The molecule has 3 aromatic rings. The van der Waals surface area contributed by atoms with Crippen LogP contribution in [0.3, 0.4) is 0 Å². The summed E-state index contributed by atoms with van der Waals surface area (Å²) in [4.78, 5) is 11.9. The van der Waals surface area contributed by atoms with Gasteiger partial charge in [-0.15, -0.1) is 0 Å². The van der Waals surface area contributed by atoms with Crippen molar-refractivity contribution in [3.63, 3.8) is 0 Å². The number of aliphatic hydroxyl groups is 1. The molecule has 0 bridgehead atoms. The molecule has 2 heterocycles. The van der Waals surface area contributed by atoms with E-state index in [4.69, 9.17) is 0 Å². The first kappa shape index (κ1) is 14.5. The first-order valence-electron chi connectivity index (χ1n) is 7.40. The molecule has 5 nitrogen and oxygen atoms in total. The van der Waals surface area contributed by atoms with Crippen LogP contribution in [-0.2, 0) is 6.42 Å². The number of H-pyrrole nitrogens is 1. The van der Waals surface area contributed by atoms with E-state index in [0.717, 1.165) is 29.3 Å². The van der Waals surface area contributed by atoms with E-state index in [1.54, 1.807) is 0 Å². The van der Waals surface area contributed by atoms with Gasteiger partial charge in [0.05, 0.1) is 12.6 Å². The fourth-order valence-electron chi connectivity index (χ4n) is 2.73. The Labute approximate surface area is 129 Å². The van der Waals surface area contributed by atoms with E-state index in [-0.39, 0.29) is 12.6 Å². The minimum absolute atomic E-state index is 0.0433. The Kier molecular flexibility index (Phi) is 4.06. The SMILES string of the molecule is Cc1cc(NC(CO)Cc2c[nH]c3ccccc23)nc(C)n1. The quantitative estimate of drug-likeness (QED) is 0.676. The third kappa shape index (κ3) is 3.09. The van der Waals surface area contributed by atoms with Gasteiger partial charge in [0.1, 0.15) is 11.6 Å². The molecule has 0 aliphatic rings. The van der Waals surface area contributed by atoms with Gasteiger partial charge in [0.15, 0.2) is 0 Å². The number of nitrogens with zero attached hydrogens (tertiary/aromatic N) is 2. The van der Waals surface area contributed by atoms with Crippen molar-refractivity contribution in [3.8, 4) is 0 Å². The van der Waals surface area contributed by atoms with Crippen LogP contribution in [0.1, 0.15) is 17.1 Å². The number of hydrogen-bond donors (Lipinski definition) is 3. The number of para-hydroxylation sites is 1. The number of aliphatic hydroxyl groups excluding tert-OH is 1. The maximum absolute atomic E-state index is 9.68. The standard InChI is InChI=1S/C17H20N4O/c1-11-7-17(20-12(2)19-11)21-14(10-22)8-13-9-18-16-6-4-3-5-15(13)16/h3-7,9,14,18,22H,8,10H2,1-2H3,(H,19,20,21). The second-order valence-corrected chi connectivity index (χ2v) is 5.53. The molecule has 0 spiro atoms. The van der Waals surface area contributed by atoms with E-state index in [1.165, 1.54) is 10.9 Å². The van der Waals surface area contributed by atoms with Gasteiger partial charge in [-0.1, -0.05) is 18.2 Å². The topological polar surface area (TPSA) is 73.8 Å². The summed E-state index contributed by atoms with van der Waals surface area (Å²) in [6.45, 7) is 3.85. The molecule has 114 valence electrons. The number of aryl methyl sites for hydroxylation is 2. The summed E-state index contributed by atoms with van der Waals surface area (Å²) in [7, 11) is 0. The zero-order chi connectivity index (χ0) is 15.5. The third-order valence-corrected chi connectivity index (χ3v) is 3.68. The van der Waals surface area contributed by atoms with E-state index in [9.17, 15) is 5.11 Å². The fraction of sp³-hybridized carbons (Fsp3) is 0.294. The molecule has 1 unspecified atom stereocenters. The molecule has 1 aromatic carbocycles. The van der Waals surface area contributed by atoms with Crippen LogP contribution >= 0.6 is 0 Å². The van der Waals surface area contributed by atoms with Gasteiger partial charge >= 0.3 is 0 Å². The summed E-state index contributed by atoms with van der Waals surface area (Å²) >= 11 is 0. The van der Waals surface area contributed by atoms with Crippen LogP contribution < -0.4 is 5.32 Å². The molecular formula is C17H20N4O. The van der Waals surface area contributed by atoms with Gasteiger partial charge in [0.25, 0.3) is 0 Å². The monoisotopic (exact) mass is 296 g/mol. The van der Waals surface area contributed by atoms with E-state index in [1.807, 2.05) is 38.2 Å². The maximum Gasteiger partial charge on any atom is 0.130 e. The number of anilines is 1. The number of benzene rings is 1. The largest absolute Gasteiger partial charge is 0.394 e. The van der Waals surface area contributed by atoms with Gasteiger partial charge in [-0.05, 0) is 31.9 Å². The zero-order valence-corrected chi connectivity index (χ0v) is 12.8. The van der Waals surface area contributed by atoms with Crippen molar-refractivity contribution in [3.05, 3.63) is 53.6 Å². The predicted octanol–water partition coefficient (Wildman–Crippen LogP) is 2.59. The smallest absolute Gasteiger partial charge is 0.130 e. The average molecular weight is 296 g/mol. The van der Waals surface area contributed by atoms with Crippen LogP contribution in [0.2, 0.25) is 0 Å². The molecule has 0 aliphatic heterocycles. The number of rotatable bonds is 5. The molecule has 0 saturated carbocycles. The molecule has 5 heteroatoms. The third-order valence-electron chi connectivity index (χ3n) is 3.68. The van der Waals surface area contributed by atoms with Gasteiger partial charge in [-0.3, -0.25) is 0 Å². The van der Waals surface area contributed by atoms with Crippen LogP contribution in [0.5, 0.6) is 0 Å². The maximum atomic E-state index is 9.68. The van der Waals surface area contributed by atoms with Crippen molar-refractivity contribution in [2.45, 2.75) is 26.3 Å². The van der Waals surface area contributed by atoms with Gasteiger partial charge in [0, 0.05) is 28.9 Å². The lowest BCUT2D eigenvalue weighted by atomic mass is 10.1. The summed E-state index contributed by atoms with van der Waals surface area (Å²) < 4.78 is 0. The Hall–Kier alpha value is -2.40. The van der Waals surface area contributed by atoms with Crippen LogP contribution in [0.25, 0.3) is 10.9 Å². The number of aromatic nitrogens is 3. The summed E-state index contributed by atoms with van der Waals surface area (Å²) in [5.74, 6) is 1.48. The van der Waals surface area contributed by atoms with Crippen molar-refractivity contribution in [1.82, 2.24) is 15.0 Å². The minimum Gasteiger partial charge on any atom is -0.394 e. The molecule has 0 fully saturated rings. The van der Waals surface area contributed by atoms with E-state index < -0.39 is 0 Å². The van der Waals surface area contributed by atoms with Crippen LogP contribution in [0.15, 0.2) is 36.5 Å². The highest BCUT2D eigenvalue weighted by molar-refractivity contribution is 5.83. The zero-order valence-electron chi connectivity index (χ0n) is 12.8. The molecule has 0 aliphatic carbocycles. The highest BCUT2D eigenvalue weighted by atomic mass is 16.3. The van der Waals surface area contributed by atoms with Crippen LogP contribution in [-0.4, -0.2) is 32.7 Å². The Morgan fingerprint density at radius 1 is 1.23 bits per heavy atom. The predicted molar refractivity (Wildman–Crippen MR) is 88.0 cm³/mol. The van der Waals surface area contributed by atoms with Gasteiger partial charge in [0.2, 0.25) is 0 Å². The lowest BCUT2D eigenvalue weighted by molar-refractivity contribution is 0.273. The Bertz CT molecular complexity index is 761. The highest BCUT2D eigenvalue weighted by Gasteiger charge is 2.13. The first-order valence-corrected chi connectivity index (χ1v) is 7.40. The number of nitrogens with one attached hydrogen (secondary N) is 2. The molecule has 3 N–H and O–H groups in total. The van der Waals surface area contributed by atoms with Crippen molar-refractivity contribution in [2.24, 2.45) is 0 Å². The van der Waals surface area contributed by atoms with Crippen LogP contribution in [0.4, 0.5) is 5.82 Å². The fourth-order valence-corrected chi connectivity index (χ4v) is 2.73. The number of hydrogen-bond acceptors (Lipinski definition) is 4. The van der Waals surface area contributed by atoms with Gasteiger partial charge < -0.3 is 15.4 Å². The van der Waals surface area contributed by atoms with E-state index in [0.29, 0.717) is 0 Å². The minimum atomic E-state index is -0.0899. The van der Waals surface area contributed by atoms with Crippen molar-refractivity contribution >= 4 is 16.7 Å². The van der Waals surface area contributed by atoms with E-state index in [2.05, 4.69) is 32.4 Å². The summed E-state index contributed by atoms with van der Waals surface area (Å²) in [6.07, 6.45) is 2.73. The Morgan fingerprint density at radius 3 is 2.82 bits per heavy atom. The lowest BCUT2D eigenvalue weighted by Crippen LogP contribution is -2.27. The molecule has 2 aromatic heterocycles. The molecule has 0 radical (unpaired) electrons. The molecule has 0 saturated heterocycles. The molecular weight excluding hydrogens is 276 g/mol. The normalized spacial score (nSPS) is 12.5. The van der Waals surface area contributed by atoms with Gasteiger partial charge in [-0.25, -0.2) is 9.97 Å². The molecule has 0 amide bonds. The molecule has 22 heavy (non-hydrogen) atoms. The Morgan fingerprint density at radius 2 is 2.05 bits per heavy atom.